The molecule has 5 amide bonds. The van der Waals surface area contributed by atoms with Crippen LogP contribution in [0.4, 0.5) is 21.0 Å². The van der Waals surface area contributed by atoms with Crippen LogP contribution in [-0.2, 0) is 39.8 Å². The number of aromatic nitrogens is 2. The van der Waals surface area contributed by atoms with Crippen LogP contribution in [0, 0.1) is 0 Å². The van der Waals surface area contributed by atoms with E-state index in [0.29, 0.717) is 24.2 Å². The van der Waals surface area contributed by atoms with Crippen molar-refractivity contribution in [1.82, 2.24) is 20.0 Å². The molecule has 1 aliphatic carbocycles. The molecule has 0 radical (unpaired) electrons. The van der Waals surface area contributed by atoms with Gasteiger partial charge in [-0.3, -0.25) is 14.3 Å². The molecule has 1 fully saturated rings. The predicted molar refractivity (Wildman–Crippen MR) is 142 cm³/mol. The number of carbonyl (C=O) groups is 4. The van der Waals surface area contributed by atoms with Crippen molar-refractivity contribution in [2.75, 3.05) is 30.4 Å². The molecule has 2 N–H and O–H groups in total. The lowest BCUT2D eigenvalue weighted by Gasteiger charge is -2.30. The first-order chi connectivity index (χ1) is 18.8. The van der Waals surface area contributed by atoms with Gasteiger partial charge in [0.25, 0.3) is 5.91 Å². The second-order valence-electron chi connectivity index (χ2n) is 10.1. The first-order valence-electron chi connectivity index (χ1n) is 12.9. The average molecular weight is 529 g/mol. The number of benzene rings is 2. The van der Waals surface area contributed by atoms with E-state index in [1.54, 1.807) is 34.0 Å². The molecule has 39 heavy (non-hydrogen) atoms. The number of ether oxygens (including phenoxy) is 1. The normalized spacial score (nSPS) is 19.6. The lowest BCUT2D eigenvalue weighted by molar-refractivity contribution is -0.139. The highest BCUT2D eigenvalue weighted by molar-refractivity contribution is 6.08. The number of hydrogen-bond donors (Lipinski definition) is 2. The zero-order valence-corrected chi connectivity index (χ0v) is 21.7. The van der Waals surface area contributed by atoms with Crippen molar-refractivity contribution in [2.24, 2.45) is 7.05 Å². The topological polar surface area (TPSA) is 126 Å². The van der Waals surface area contributed by atoms with Gasteiger partial charge >= 0.3 is 12.1 Å². The smallest absolute Gasteiger partial charge is 0.418 e. The Balaban J connectivity index is 1.21. The van der Waals surface area contributed by atoms with Crippen LogP contribution in [0.25, 0.3) is 11.1 Å². The maximum atomic E-state index is 13.6. The van der Waals surface area contributed by atoms with Crippen LogP contribution in [0.2, 0.25) is 0 Å². The van der Waals surface area contributed by atoms with Crippen molar-refractivity contribution in [3.8, 4) is 11.1 Å². The number of nitrogens with zero attached hydrogens (tertiary/aromatic N) is 4. The third-order valence-corrected chi connectivity index (χ3v) is 7.67. The van der Waals surface area contributed by atoms with E-state index in [9.17, 15) is 19.2 Å². The van der Waals surface area contributed by atoms with E-state index in [4.69, 9.17) is 4.74 Å². The van der Waals surface area contributed by atoms with Crippen molar-refractivity contribution >= 4 is 35.3 Å². The Bertz CT molecular complexity index is 1530. The summed E-state index contributed by atoms with van der Waals surface area (Å²) in [6, 6.07) is 10.7. The number of anilines is 2. The van der Waals surface area contributed by atoms with E-state index >= 15 is 0 Å². The highest BCUT2D eigenvalue weighted by Gasteiger charge is 2.58. The molecule has 3 heterocycles. The second kappa shape index (κ2) is 9.26. The van der Waals surface area contributed by atoms with Crippen LogP contribution in [0.1, 0.15) is 29.5 Å². The third-order valence-electron chi connectivity index (χ3n) is 7.67. The third kappa shape index (κ3) is 4.10. The Kier molecular flexibility index (Phi) is 5.86. The van der Waals surface area contributed by atoms with Gasteiger partial charge < -0.3 is 20.3 Å². The van der Waals surface area contributed by atoms with Crippen LogP contribution in [0.3, 0.4) is 0 Å². The number of urea groups is 1. The summed E-state index contributed by atoms with van der Waals surface area (Å²) < 4.78 is 7.43. The number of fused-ring (bicyclic) bond motifs is 3. The van der Waals surface area contributed by atoms with Gasteiger partial charge in [-0.25, -0.2) is 14.5 Å². The second-order valence-corrected chi connectivity index (χ2v) is 10.1. The first-order valence-corrected chi connectivity index (χ1v) is 12.9. The summed E-state index contributed by atoms with van der Waals surface area (Å²) in [5, 5.41) is 9.43. The highest BCUT2D eigenvalue weighted by atomic mass is 16.6. The number of imide groups is 1. The molecule has 6 rings (SSSR count). The largest absolute Gasteiger partial charge is 0.427 e. The van der Waals surface area contributed by atoms with Crippen LogP contribution in [0.15, 0.2) is 48.8 Å². The first kappa shape index (κ1) is 24.7. The number of amides is 5. The summed E-state index contributed by atoms with van der Waals surface area (Å²) in [5.41, 5.74) is 4.36. The Morgan fingerprint density at radius 2 is 1.92 bits per heavy atom. The summed E-state index contributed by atoms with van der Waals surface area (Å²) in [7, 11) is 3.38. The molecule has 1 unspecified atom stereocenters. The molecule has 1 atom stereocenters. The van der Waals surface area contributed by atoms with E-state index in [-0.39, 0.29) is 18.4 Å². The molecule has 200 valence electrons. The fourth-order valence-corrected chi connectivity index (χ4v) is 5.75. The van der Waals surface area contributed by atoms with Crippen molar-refractivity contribution in [1.29, 1.82) is 0 Å². The van der Waals surface area contributed by atoms with Gasteiger partial charge in [0.2, 0.25) is 11.5 Å². The standard InChI is InChI=1S/C28H28N6O5/c1-29-26(37)31-21-6-7-22-18(13-21)9-10-28(22)25(36)34(27(38)39-28)16-24(35)33-11-3-4-19-12-17(5-8-23(19)33)20-14-30-32(2)15-20/h5-8,12-15H,3-4,9-11,16H2,1-2H3,(H2,29,31,37). The summed E-state index contributed by atoms with van der Waals surface area (Å²) in [6.45, 7) is 0.110. The van der Waals surface area contributed by atoms with Gasteiger partial charge in [-0.1, -0.05) is 12.1 Å². The van der Waals surface area contributed by atoms with Gasteiger partial charge in [0.15, 0.2) is 0 Å². The minimum absolute atomic E-state index is 0.282. The molecular formula is C28H28N6O5. The minimum Gasteiger partial charge on any atom is -0.427 e. The van der Waals surface area contributed by atoms with Crippen molar-refractivity contribution in [3.63, 3.8) is 0 Å². The van der Waals surface area contributed by atoms with Gasteiger partial charge in [-0.15, -0.1) is 0 Å². The van der Waals surface area contributed by atoms with Gasteiger partial charge in [0.1, 0.15) is 6.54 Å². The highest BCUT2D eigenvalue weighted by Crippen LogP contribution is 2.46. The number of rotatable bonds is 4. The zero-order chi connectivity index (χ0) is 27.3. The van der Waals surface area contributed by atoms with Crippen molar-refractivity contribution in [2.45, 2.75) is 31.3 Å². The Morgan fingerprint density at radius 3 is 2.69 bits per heavy atom. The van der Waals surface area contributed by atoms with Crippen LogP contribution in [0.5, 0.6) is 0 Å². The molecule has 2 aliphatic heterocycles. The molecule has 2 aromatic carbocycles. The van der Waals surface area contributed by atoms with E-state index < -0.39 is 24.1 Å². The molecule has 3 aromatic rings. The van der Waals surface area contributed by atoms with Gasteiger partial charge in [0.05, 0.1) is 6.20 Å². The van der Waals surface area contributed by atoms with Gasteiger partial charge in [0, 0.05) is 55.8 Å². The summed E-state index contributed by atoms with van der Waals surface area (Å²) in [5.74, 6) is -0.869. The SMILES string of the molecule is CNC(=O)Nc1ccc2c(c1)CCC21OC(=O)N(CC(=O)N2CCCc3cc(-c4cnn(C)c4)ccc32)C1=O. The maximum absolute atomic E-state index is 13.6. The van der Waals surface area contributed by atoms with E-state index in [1.807, 2.05) is 25.4 Å². The molecule has 1 aromatic heterocycles. The summed E-state index contributed by atoms with van der Waals surface area (Å²) in [6.07, 6.45) is 5.30. The van der Waals surface area contributed by atoms with E-state index in [2.05, 4.69) is 21.8 Å². The zero-order valence-electron chi connectivity index (χ0n) is 21.7. The summed E-state index contributed by atoms with van der Waals surface area (Å²) in [4.78, 5) is 54.2. The quantitative estimate of drug-likeness (QED) is 0.536. The molecule has 0 bridgehead atoms. The van der Waals surface area contributed by atoms with Gasteiger partial charge in [-0.2, -0.15) is 5.10 Å². The number of aryl methyl sites for hydroxylation is 3. The van der Waals surface area contributed by atoms with Crippen molar-refractivity contribution < 1.29 is 23.9 Å². The van der Waals surface area contributed by atoms with E-state index in [1.165, 1.54) is 7.05 Å². The number of nitrogens with one attached hydrogen (secondary N) is 2. The van der Waals surface area contributed by atoms with Crippen LogP contribution >= 0.6 is 0 Å². The Morgan fingerprint density at radius 1 is 1.08 bits per heavy atom. The Hall–Kier alpha value is -4.67. The fraction of sp³-hybridized carbons (Fsp3) is 0.321. The fourth-order valence-electron chi connectivity index (χ4n) is 5.75. The monoisotopic (exact) mass is 528 g/mol. The molecule has 11 nitrogen and oxygen atoms in total. The molecule has 3 aliphatic rings. The molecule has 11 heteroatoms. The molecule has 0 saturated carbocycles. The maximum Gasteiger partial charge on any atom is 0.418 e. The minimum atomic E-state index is -1.45. The van der Waals surface area contributed by atoms with Gasteiger partial charge in [-0.05, 0) is 60.2 Å². The lowest BCUT2D eigenvalue weighted by Crippen LogP contribution is -2.46. The summed E-state index contributed by atoms with van der Waals surface area (Å²) >= 11 is 0. The van der Waals surface area contributed by atoms with E-state index in [0.717, 1.165) is 45.7 Å². The van der Waals surface area contributed by atoms with Crippen LogP contribution in [-0.4, -0.2) is 58.8 Å². The Labute approximate surface area is 224 Å². The number of carbonyl (C=O) groups excluding carboxylic acids is 4. The predicted octanol–water partition coefficient (Wildman–Crippen LogP) is 2.94. The average Bonchev–Trinajstić information content (AvgIpc) is 3.60. The van der Waals surface area contributed by atoms with Crippen molar-refractivity contribution in [3.05, 3.63) is 65.5 Å². The molecule has 1 saturated heterocycles. The lowest BCUT2D eigenvalue weighted by atomic mass is 9.94. The molecule has 1 spiro atoms. The number of hydrogen-bond acceptors (Lipinski definition) is 6. The molecular weight excluding hydrogens is 500 g/mol. The van der Waals surface area contributed by atoms with Crippen LogP contribution < -0.4 is 15.5 Å².